The third-order valence-corrected chi connectivity index (χ3v) is 1.27. The Labute approximate surface area is 73.8 Å². The summed E-state index contributed by atoms with van der Waals surface area (Å²) in [5.74, 6) is 0.799. The molecule has 0 aromatic carbocycles. The second-order valence-corrected chi connectivity index (χ2v) is 2.14. The number of aryl methyl sites for hydroxylation is 2. The van der Waals surface area contributed by atoms with Gasteiger partial charge in [-0.15, -0.1) is 0 Å². The minimum absolute atomic E-state index is 0.799. The average Bonchev–Trinajstić information content (AvgIpc) is 2.13. The second kappa shape index (κ2) is 5.52. The van der Waals surface area contributed by atoms with Crippen LogP contribution in [-0.2, 0) is 0 Å². The number of rotatable bonds is 1. The molecule has 0 N–H and O–H groups in total. The molecule has 0 aliphatic heterocycles. The van der Waals surface area contributed by atoms with E-state index in [1.807, 2.05) is 33.8 Å². The van der Waals surface area contributed by atoms with Crippen LogP contribution in [0, 0.1) is 13.8 Å². The Morgan fingerprint density at radius 1 is 1.17 bits per heavy atom. The summed E-state index contributed by atoms with van der Waals surface area (Å²) >= 11 is 0. The van der Waals surface area contributed by atoms with Crippen LogP contribution in [-0.4, -0.2) is 17.3 Å². The van der Waals surface area contributed by atoms with Crippen LogP contribution < -0.4 is 4.74 Å². The van der Waals surface area contributed by atoms with E-state index in [1.165, 1.54) is 0 Å². The molecule has 3 nitrogen and oxygen atoms in total. The van der Waals surface area contributed by atoms with Gasteiger partial charge in [0, 0.05) is 6.07 Å². The third kappa shape index (κ3) is 2.86. The highest BCUT2D eigenvalue weighted by Crippen LogP contribution is 2.13. The summed E-state index contributed by atoms with van der Waals surface area (Å²) in [6, 6.07) is 1.86. The summed E-state index contributed by atoms with van der Waals surface area (Å²) in [6.45, 7) is 7.75. The molecular formula is C9H16N2O. The van der Waals surface area contributed by atoms with E-state index in [9.17, 15) is 0 Å². The molecule has 1 aromatic heterocycles. The Hall–Kier alpha value is -1.12. The molecule has 0 bridgehead atoms. The Bertz CT molecular complexity index is 236. The van der Waals surface area contributed by atoms with E-state index in [0.29, 0.717) is 0 Å². The van der Waals surface area contributed by atoms with Crippen LogP contribution in [0.3, 0.4) is 0 Å². The third-order valence-electron chi connectivity index (χ3n) is 1.27. The predicted octanol–water partition coefficient (Wildman–Crippen LogP) is 2.13. The number of ether oxygens (including phenoxy) is 1. The van der Waals surface area contributed by atoms with Crippen LogP contribution in [0.15, 0.2) is 6.07 Å². The summed E-state index contributed by atoms with van der Waals surface area (Å²) < 4.78 is 5.02. The smallest absolute Gasteiger partial charge is 0.143 e. The van der Waals surface area contributed by atoms with Crippen LogP contribution in [0.5, 0.6) is 5.75 Å². The van der Waals surface area contributed by atoms with Crippen molar-refractivity contribution >= 4 is 0 Å². The van der Waals surface area contributed by atoms with Gasteiger partial charge in [0.2, 0.25) is 0 Å². The van der Waals surface area contributed by atoms with Gasteiger partial charge in [0.15, 0.2) is 0 Å². The van der Waals surface area contributed by atoms with Crippen molar-refractivity contribution in [2.45, 2.75) is 27.7 Å². The quantitative estimate of drug-likeness (QED) is 0.644. The van der Waals surface area contributed by atoms with Crippen LogP contribution >= 0.6 is 0 Å². The van der Waals surface area contributed by atoms with E-state index in [-0.39, 0.29) is 0 Å². The molecule has 68 valence electrons. The summed E-state index contributed by atoms with van der Waals surface area (Å²) in [4.78, 5) is 0. The Morgan fingerprint density at radius 2 is 1.75 bits per heavy atom. The summed E-state index contributed by atoms with van der Waals surface area (Å²) in [5.41, 5.74) is 1.70. The molecule has 0 amide bonds. The van der Waals surface area contributed by atoms with Gasteiger partial charge in [0.05, 0.1) is 12.8 Å². The molecule has 12 heavy (non-hydrogen) atoms. The summed E-state index contributed by atoms with van der Waals surface area (Å²) in [6.07, 6.45) is 0. The standard InChI is InChI=1S/C7H10N2O.C2H6/c1-5-4-7(10-3)6(2)9-8-5;1-2/h4H,1-3H3;1-2H3. The van der Waals surface area contributed by atoms with Gasteiger partial charge < -0.3 is 4.74 Å². The van der Waals surface area contributed by atoms with E-state index in [4.69, 9.17) is 4.74 Å². The van der Waals surface area contributed by atoms with Crippen LogP contribution in [0.4, 0.5) is 0 Å². The van der Waals surface area contributed by atoms with Gasteiger partial charge in [-0.05, 0) is 13.8 Å². The molecule has 0 fully saturated rings. The molecular weight excluding hydrogens is 152 g/mol. The maximum absolute atomic E-state index is 5.02. The molecule has 0 unspecified atom stereocenters. The molecule has 1 heterocycles. The van der Waals surface area contributed by atoms with E-state index in [2.05, 4.69) is 10.2 Å². The first-order valence-electron chi connectivity index (χ1n) is 4.09. The van der Waals surface area contributed by atoms with Crippen molar-refractivity contribution in [2.24, 2.45) is 0 Å². The molecule has 3 heteroatoms. The number of hydrogen-bond donors (Lipinski definition) is 0. The maximum atomic E-state index is 5.02. The largest absolute Gasteiger partial charge is 0.495 e. The number of nitrogens with zero attached hydrogens (tertiary/aromatic N) is 2. The van der Waals surface area contributed by atoms with Crippen LogP contribution in [0.2, 0.25) is 0 Å². The summed E-state index contributed by atoms with van der Waals surface area (Å²) in [5, 5.41) is 7.73. The zero-order chi connectivity index (χ0) is 9.56. The van der Waals surface area contributed by atoms with Crippen molar-refractivity contribution in [1.82, 2.24) is 10.2 Å². The minimum atomic E-state index is 0.799. The van der Waals surface area contributed by atoms with Crippen molar-refractivity contribution in [1.29, 1.82) is 0 Å². The fraction of sp³-hybridized carbons (Fsp3) is 0.556. The molecule has 0 saturated carbocycles. The van der Waals surface area contributed by atoms with Crippen LogP contribution in [0.25, 0.3) is 0 Å². The fourth-order valence-electron chi connectivity index (χ4n) is 0.733. The number of methoxy groups -OCH3 is 1. The van der Waals surface area contributed by atoms with Gasteiger partial charge in [0.25, 0.3) is 0 Å². The first-order chi connectivity index (χ1) is 5.74. The number of hydrogen-bond acceptors (Lipinski definition) is 3. The van der Waals surface area contributed by atoms with Gasteiger partial charge in [-0.1, -0.05) is 13.8 Å². The van der Waals surface area contributed by atoms with Crippen molar-refractivity contribution in [3.63, 3.8) is 0 Å². The Morgan fingerprint density at radius 3 is 2.17 bits per heavy atom. The van der Waals surface area contributed by atoms with Gasteiger partial charge in [-0.2, -0.15) is 10.2 Å². The highest BCUT2D eigenvalue weighted by Gasteiger charge is 1.98. The zero-order valence-electron chi connectivity index (χ0n) is 8.38. The molecule has 1 aromatic rings. The predicted molar refractivity (Wildman–Crippen MR) is 49.4 cm³/mol. The topological polar surface area (TPSA) is 35.0 Å². The first-order valence-corrected chi connectivity index (χ1v) is 4.09. The van der Waals surface area contributed by atoms with Crippen molar-refractivity contribution < 1.29 is 4.74 Å². The van der Waals surface area contributed by atoms with E-state index < -0.39 is 0 Å². The molecule has 0 saturated heterocycles. The lowest BCUT2D eigenvalue weighted by Gasteiger charge is -2.01. The normalized spacial score (nSPS) is 8.42. The van der Waals surface area contributed by atoms with Crippen molar-refractivity contribution in [2.75, 3.05) is 7.11 Å². The average molecular weight is 168 g/mol. The summed E-state index contributed by atoms with van der Waals surface area (Å²) in [7, 11) is 1.63. The highest BCUT2D eigenvalue weighted by atomic mass is 16.5. The SMILES string of the molecule is CC.COc1cc(C)nnc1C. The van der Waals surface area contributed by atoms with E-state index in [1.54, 1.807) is 7.11 Å². The van der Waals surface area contributed by atoms with Gasteiger partial charge >= 0.3 is 0 Å². The van der Waals surface area contributed by atoms with Gasteiger partial charge in [-0.3, -0.25) is 0 Å². The van der Waals surface area contributed by atoms with E-state index >= 15 is 0 Å². The first kappa shape index (κ1) is 10.9. The lowest BCUT2D eigenvalue weighted by atomic mass is 10.3. The number of aromatic nitrogens is 2. The lowest BCUT2D eigenvalue weighted by molar-refractivity contribution is 0.407. The van der Waals surface area contributed by atoms with Crippen molar-refractivity contribution in [3.8, 4) is 5.75 Å². The highest BCUT2D eigenvalue weighted by molar-refractivity contribution is 5.26. The monoisotopic (exact) mass is 168 g/mol. The molecule has 0 spiro atoms. The molecule has 1 rings (SSSR count). The molecule has 0 aliphatic carbocycles. The lowest BCUT2D eigenvalue weighted by Crippen LogP contribution is -1.94. The van der Waals surface area contributed by atoms with E-state index in [0.717, 1.165) is 17.1 Å². The second-order valence-electron chi connectivity index (χ2n) is 2.14. The van der Waals surface area contributed by atoms with Crippen molar-refractivity contribution in [3.05, 3.63) is 17.5 Å². The Balaban J connectivity index is 0.000000561. The molecule has 0 atom stereocenters. The van der Waals surface area contributed by atoms with Crippen LogP contribution in [0.1, 0.15) is 25.2 Å². The molecule has 0 radical (unpaired) electrons. The Kier molecular flexibility index (Phi) is 5.00. The fourth-order valence-corrected chi connectivity index (χ4v) is 0.733. The van der Waals surface area contributed by atoms with Gasteiger partial charge in [0.1, 0.15) is 11.4 Å². The van der Waals surface area contributed by atoms with Gasteiger partial charge in [-0.25, -0.2) is 0 Å². The molecule has 0 aliphatic rings. The minimum Gasteiger partial charge on any atom is -0.495 e. The zero-order valence-corrected chi connectivity index (χ0v) is 8.38. The maximum Gasteiger partial charge on any atom is 0.143 e.